The fourth-order valence-corrected chi connectivity index (χ4v) is 4.02. The van der Waals surface area contributed by atoms with E-state index in [1.165, 1.54) is 0 Å². The lowest BCUT2D eigenvalue weighted by Gasteiger charge is -2.42. The topological polar surface area (TPSA) is 46.5 Å². The van der Waals surface area contributed by atoms with Crippen molar-refractivity contribution in [2.24, 2.45) is 5.92 Å². The van der Waals surface area contributed by atoms with Crippen LogP contribution in [0.1, 0.15) is 12.8 Å². The summed E-state index contributed by atoms with van der Waals surface area (Å²) >= 11 is 9.39. The van der Waals surface area contributed by atoms with Crippen molar-refractivity contribution in [1.82, 2.24) is 0 Å². The molecule has 1 heterocycles. The fraction of sp³-hybridized carbons (Fsp3) is 0.727. The Kier molecular flexibility index (Phi) is 4.18. The summed E-state index contributed by atoms with van der Waals surface area (Å²) in [6.07, 6.45) is -5.81. The molecule has 2 rings (SSSR count). The van der Waals surface area contributed by atoms with Gasteiger partial charge in [0.2, 0.25) is 0 Å². The second-order valence-corrected chi connectivity index (χ2v) is 6.55. The van der Waals surface area contributed by atoms with E-state index in [-0.39, 0.29) is 4.83 Å². The molecular weight excluding hydrogens is 352 g/mol. The summed E-state index contributed by atoms with van der Waals surface area (Å²) in [7, 11) is 0. The second-order valence-electron chi connectivity index (χ2n) is 4.70. The lowest BCUT2D eigenvalue weighted by Crippen LogP contribution is -2.50. The molecule has 1 fully saturated rings. The number of aliphatic carboxylic acids is 1. The molecule has 5 atom stereocenters. The van der Waals surface area contributed by atoms with E-state index in [0.717, 1.165) is 6.08 Å². The Morgan fingerprint density at radius 1 is 1.47 bits per heavy atom. The molecule has 0 saturated heterocycles. The number of ether oxygens (including phenoxy) is 1. The van der Waals surface area contributed by atoms with E-state index in [0.29, 0.717) is 12.8 Å². The van der Waals surface area contributed by atoms with Gasteiger partial charge in [0, 0.05) is 10.7 Å². The van der Waals surface area contributed by atoms with Crippen LogP contribution in [0, 0.1) is 5.92 Å². The minimum atomic E-state index is -4.75. The zero-order chi connectivity index (χ0) is 14.4. The average molecular weight is 364 g/mol. The zero-order valence-corrected chi connectivity index (χ0v) is 11.9. The van der Waals surface area contributed by atoms with E-state index in [2.05, 4.69) is 15.9 Å². The smallest absolute Gasteiger partial charge is 0.419 e. The van der Waals surface area contributed by atoms with Crippen LogP contribution in [0.15, 0.2) is 11.6 Å². The van der Waals surface area contributed by atoms with Crippen LogP contribution in [0.25, 0.3) is 0 Å². The molecule has 1 saturated carbocycles. The molecule has 0 radical (unpaired) electrons. The van der Waals surface area contributed by atoms with Crippen molar-refractivity contribution in [2.75, 3.05) is 0 Å². The quantitative estimate of drug-likeness (QED) is 0.728. The summed E-state index contributed by atoms with van der Waals surface area (Å²) < 4.78 is 43.5. The molecule has 0 aromatic rings. The van der Waals surface area contributed by atoms with Gasteiger partial charge in [-0.05, 0) is 12.8 Å². The third kappa shape index (κ3) is 3.08. The summed E-state index contributed by atoms with van der Waals surface area (Å²) in [5.74, 6) is -2.02. The van der Waals surface area contributed by atoms with Crippen molar-refractivity contribution in [1.29, 1.82) is 0 Å². The van der Waals surface area contributed by atoms with Crippen molar-refractivity contribution in [3.8, 4) is 0 Å². The molecule has 0 aromatic carbocycles. The predicted molar refractivity (Wildman–Crippen MR) is 65.5 cm³/mol. The highest BCUT2D eigenvalue weighted by Gasteiger charge is 2.52. The van der Waals surface area contributed by atoms with Gasteiger partial charge in [-0.25, -0.2) is 4.79 Å². The van der Waals surface area contributed by atoms with Crippen molar-refractivity contribution in [2.45, 2.75) is 41.4 Å². The van der Waals surface area contributed by atoms with Crippen LogP contribution in [-0.4, -0.2) is 39.7 Å². The third-order valence-electron chi connectivity index (χ3n) is 3.30. The minimum Gasteiger partial charge on any atom is -0.478 e. The number of carboxylic acid groups (broad SMARTS) is 1. The highest BCUT2D eigenvalue weighted by molar-refractivity contribution is 9.09. The summed E-state index contributed by atoms with van der Waals surface area (Å²) in [6, 6.07) is 0. The van der Waals surface area contributed by atoms with E-state index >= 15 is 0 Å². The standard InChI is InChI=1S/C11H11BrClF3O3/c12-5-1-4-2-6(10(17)18)9(11(14,15)16)19-8(4)7(13)3-5/h2,4-5,7-9H,1,3H2,(H,17,18). The van der Waals surface area contributed by atoms with Gasteiger partial charge in [0.15, 0.2) is 6.10 Å². The Bertz CT molecular complexity index is 412. The van der Waals surface area contributed by atoms with Gasteiger partial charge >= 0.3 is 12.1 Å². The Morgan fingerprint density at radius 2 is 2.11 bits per heavy atom. The maximum atomic E-state index is 12.8. The zero-order valence-electron chi connectivity index (χ0n) is 9.53. The molecular formula is C11H11BrClF3O3. The van der Waals surface area contributed by atoms with Crippen LogP contribution in [0.4, 0.5) is 13.2 Å². The lowest BCUT2D eigenvalue weighted by atomic mass is 9.82. The fourth-order valence-electron chi connectivity index (χ4n) is 2.51. The van der Waals surface area contributed by atoms with Gasteiger partial charge in [-0.2, -0.15) is 13.2 Å². The Balaban J connectivity index is 2.34. The molecule has 0 bridgehead atoms. The monoisotopic (exact) mass is 362 g/mol. The number of alkyl halides is 5. The van der Waals surface area contributed by atoms with Gasteiger partial charge in [0.25, 0.3) is 0 Å². The van der Waals surface area contributed by atoms with Crippen molar-refractivity contribution >= 4 is 33.5 Å². The van der Waals surface area contributed by atoms with Crippen LogP contribution in [0.5, 0.6) is 0 Å². The van der Waals surface area contributed by atoms with Crippen LogP contribution in [-0.2, 0) is 9.53 Å². The van der Waals surface area contributed by atoms with E-state index in [1.807, 2.05) is 0 Å². The first-order valence-corrected chi connectivity index (χ1v) is 7.00. The second kappa shape index (κ2) is 5.26. The van der Waals surface area contributed by atoms with Gasteiger partial charge in [-0.1, -0.05) is 22.0 Å². The van der Waals surface area contributed by atoms with Gasteiger partial charge in [-0.15, -0.1) is 11.6 Å². The van der Waals surface area contributed by atoms with E-state index in [4.69, 9.17) is 21.4 Å². The Hall–Kier alpha value is -0.270. The lowest BCUT2D eigenvalue weighted by molar-refractivity contribution is -0.231. The molecule has 1 N–H and O–H groups in total. The Morgan fingerprint density at radius 3 is 2.63 bits per heavy atom. The molecule has 0 spiro atoms. The van der Waals surface area contributed by atoms with Crippen molar-refractivity contribution in [3.63, 3.8) is 0 Å². The predicted octanol–water partition coefficient (Wildman–Crippen LogP) is 3.11. The van der Waals surface area contributed by atoms with Crippen LogP contribution < -0.4 is 0 Å². The number of hydrogen-bond donors (Lipinski definition) is 1. The molecule has 3 nitrogen and oxygen atoms in total. The van der Waals surface area contributed by atoms with Gasteiger partial charge in [-0.3, -0.25) is 0 Å². The summed E-state index contributed by atoms with van der Waals surface area (Å²) in [4.78, 5) is 11.0. The molecule has 2 aliphatic rings. The van der Waals surface area contributed by atoms with Gasteiger partial charge in [0.1, 0.15) is 0 Å². The molecule has 1 aliphatic heterocycles. The van der Waals surface area contributed by atoms with E-state index < -0.39 is 41.2 Å². The minimum absolute atomic E-state index is 0.0496. The summed E-state index contributed by atoms with van der Waals surface area (Å²) in [5, 5.41) is 8.33. The number of hydrogen-bond acceptors (Lipinski definition) is 2. The first kappa shape index (κ1) is 15.1. The number of carboxylic acids is 1. The molecule has 108 valence electrons. The Labute approximate surface area is 120 Å². The molecule has 5 unspecified atom stereocenters. The van der Waals surface area contributed by atoms with Crippen molar-refractivity contribution < 1.29 is 27.8 Å². The van der Waals surface area contributed by atoms with Crippen LogP contribution in [0.3, 0.4) is 0 Å². The maximum Gasteiger partial charge on any atom is 0.419 e. The average Bonchev–Trinajstić information content (AvgIpc) is 2.25. The normalized spacial score (nSPS) is 39.4. The largest absolute Gasteiger partial charge is 0.478 e. The van der Waals surface area contributed by atoms with E-state index in [1.54, 1.807) is 0 Å². The highest BCUT2D eigenvalue weighted by Crippen LogP contribution is 2.43. The number of rotatable bonds is 1. The van der Waals surface area contributed by atoms with Gasteiger partial charge in [0.05, 0.1) is 17.1 Å². The number of halogens is 5. The third-order valence-corrected chi connectivity index (χ3v) is 4.48. The SMILES string of the molecule is O=C(O)C1=CC2CC(Br)CC(Cl)C2OC1C(F)(F)F. The first-order chi connectivity index (χ1) is 8.70. The molecule has 8 heteroatoms. The van der Waals surface area contributed by atoms with Crippen LogP contribution in [0.2, 0.25) is 0 Å². The molecule has 19 heavy (non-hydrogen) atoms. The first-order valence-electron chi connectivity index (χ1n) is 5.65. The number of fused-ring (bicyclic) bond motifs is 1. The molecule has 0 amide bonds. The van der Waals surface area contributed by atoms with Crippen LogP contribution >= 0.6 is 27.5 Å². The molecule has 1 aliphatic carbocycles. The molecule has 0 aromatic heterocycles. The maximum absolute atomic E-state index is 12.8. The number of carbonyl (C=O) groups is 1. The van der Waals surface area contributed by atoms with Crippen molar-refractivity contribution in [3.05, 3.63) is 11.6 Å². The summed E-state index contributed by atoms with van der Waals surface area (Å²) in [6.45, 7) is 0. The highest BCUT2D eigenvalue weighted by atomic mass is 79.9. The van der Waals surface area contributed by atoms with Gasteiger partial charge < -0.3 is 9.84 Å². The summed E-state index contributed by atoms with van der Waals surface area (Å²) in [5.41, 5.74) is -0.751. The van der Waals surface area contributed by atoms with E-state index in [9.17, 15) is 18.0 Å².